The molecule has 2 aromatic rings. The van der Waals surface area contributed by atoms with Crippen molar-refractivity contribution in [2.45, 2.75) is 88.7 Å². The van der Waals surface area contributed by atoms with Gasteiger partial charge in [-0.1, -0.05) is 0 Å². The third-order valence-electron chi connectivity index (χ3n) is 8.90. The third-order valence-corrected chi connectivity index (χ3v) is 8.90. The molecule has 228 valence electrons. The van der Waals surface area contributed by atoms with E-state index in [1.165, 1.54) is 44.8 Å². The van der Waals surface area contributed by atoms with Gasteiger partial charge in [-0.25, -0.2) is 9.59 Å². The van der Waals surface area contributed by atoms with Gasteiger partial charge in [0.15, 0.2) is 5.60 Å². The van der Waals surface area contributed by atoms with E-state index in [0.29, 0.717) is 0 Å². The molecule has 2 aromatic heterocycles. The van der Waals surface area contributed by atoms with Crippen molar-refractivity contribution in [2.75, 3.05) is 6.61 Å². The molecular formula is C29H34O13. The summed E-state index contributed by atoms with van der Waals surface area (Å²) in [4.78, 5) is 51.5. The number of furan rings is 2. The molecule has 2 aliphatic carbocycles. The number of rotatable bonds is 7. The van der Waals surface area contributed by atoms with Crippen LogP contribution in [0.2, 0.25) is 0 Å². The van der Waals surface area contributed by atoms with Gasteiger partial charge in [-0.05, 0) is 45.7 Å². The topological polar surface area (TPSA) is 181 Å². The molecule has 3 aliphatic rings. The van der Waals surface area contributed by atoms with E-state index in [0.717, 1.165) is 13.2 Å². The van der Waals surface area contributed by atoms with Crippen molar-refractivity contribution >= 4 is 23.9 Å². The van der Waals surface area contributed by atoms with Crippen molar-refractivity contribution < 1.29 is 61.9 Å². The van der Waals surface area contributed by atoms with Crippen LogP contribution in [0.5, 0.6) is 0 Å². The minimum Gasteiger partial charge on any atom is -0.472 e. The average molecular weight is 591 g/mol. The molecule has 13 nitrogen and oxygen atoms in total. The van der Waals surface area contributed by atoms with Gasteiger partial charge < -0.3 is 42.7 Å². The summed E-state index contributed by atoms with van der Waals surface area (Å²) in [6, 6.07) is 2.74. The minimum atomic E-state index is -2.04. The average Bonchev–Trinajstić information content (AvgIpc) is 3.65. The molecular weight excluding hydrogens is 556 g/mol. The van der Waals surface area contributed by atoms with Gasteiger partial charge in [-0.3, -0.25) is 9.59 Å². The predicted octanol–water partition coefficient (Wildman–Crippen LogP) is 2.19. The molecule has 0 unspecified atom stereocenters. The van der Waals surface area contributed by atoms with E-state index in [4.69, 9.17) is 32.5 Å². The zero-order valence-corrected chi connectivity index (χ0v) is 23.9. The van der Waals surface area contributed by atoms with E-state index in [2.05, 4.69) is 0 Å². The maximum atomic E-state index is 13.4. The van der Waals surface area contributed by atoms with Crippen molar-refractivity contribution in [1.82, 2.24) is 0 Å². The first-order valence-electron chi connectivity index (χ1n) is 13.6. The third kappa shape index (κ3) is 4.33. The normalized spacial score (nSPS) is 36.4. The Morgan fingerprint density at radius 3 is 1.98 bits per heavy atom. The molecule has 2 bridgehead atoms. The second-order valence-electron chi connectivity index (χ2n) is 11.9. The lowest BCUT2D eigenvalue weighted by Crippen LogP contribution is -2.83. The summed E-state index contributed by atoms with van der Waals surface area (Å²) < 4.78 is 40.1. The largest absolute Gasteiger partial charge is 0.472 e. The highest BCUT2D eigenvalue weighted by Gasteiger charge is 2.86. The maximum absolute atomic E-state index is 13.4. The number of esters is 4. The lowest BCUT2D eigenvalue weighted by atomic mass is 9.46. The predicted molar refractivity (Wildman–Crippen MR) is 138 cm³/mol. The van der Waals surface area contributed by atoms with Gasteiger partial charge in [0.1, 0.15) is 49.0 Å². The summed E-state index contributed by atoms with van der Waals surface area (Å²) in [7, 11) is 0. The highest BCUT2D eigenvalue weighted by molar-refractivity contribution is 5.90. The van der Waals surface area contributed by atoms with Gasteiger partial charge in [0.05, 0.1) is 40.8 Å². The molecule has 42 heavy (non-hydrogen) atoms. The highest BCUT2D eigenvalue weighted by Crippen LogP contribution is 2.69. The van der Waals surface area contributed by atoms with Crippen LogP contribution in [0.15, 0.2) is 46.0 Å². The smallest absolute Gasteiger partial charge is 0.341 e. The molecule has 2 N–H and O–H groups in total. The van der Waals surface area contributed by atoms with Crippen molar-refractivity contribution in [3.63, 3.8) is 0 Å². The van der Waals surface area contributed by atoms with E-state index in [-0.39, 0.29) is 24.0 Å². The Labute approximate surface area is 241 Å². The van der Waals surface area contributed by atoms with Gasteiger partial charge >= 0.3 is 23.9 Å². The molecule has 3 fully saturated rings. The molecule has 2 saturated carbocycles. The summed E-state index contributed by atoms with van der Waals surface area (Å²) in [5.41, 5.74) is -7.12. The second-order valence-corrected chi connectivity index (χ2v) is 11.9. The molecule has 1 aliphatic heterocycles. The Morgan fingerprint density at radius 2 is 1.48 bits per heavy atom. The van der Waals surface area contributed by atoms with Crippen molar-refractivity contribution in [2.24, 2.45) is 11.3 Å². The van der Waals surface area contributed by atoms with Crippen LogP contribution in [0.25, 0.3) is 0 Å². The number of fused-ring (bicyclic) bond motifs is 1. The van der Waals surface area contributed by atoms with Crippen molar-refractivity contribution in [3.05, 3.63) is 48.3 Å². The molecule has 3 heterocycles. The molecule has 5 rings (SSSR count). The number of carbonyl (C=O) groups excluding carboxylic acids is 4. The summed E-state index contributed by atoms with van der Waals surface area (Å²) in [6.45, 7) is 6.41. The number of ether oxygens (including phenoxy) is 5. The van der Waals surface area contributed by atoms with E-state index in [9.17, 15) is 29.4 Å². The minimum absolute atomic E-state index is 0.00106. The highest BCUT2D eigenvalue weighted by atomic mass is 16.6. The number of aliphatic hydroxyl groups is 2. The van der Waals surface area contributed by atoms with Crippen LogP contribution in [0, 0.1) is 11.3 Å². The van der Waals surface area contributed by atoms with Crippen LogP contribution in [0.3, 0.4) is 0 Å². The van der Waals surface area contributed by atoms with Crippen LogP contribution in [0.4, 0.5) is 0 Å². The fraction of sp³-hybridized carbons (Fsp3) is 0.586. The van der Waals surface area contributed by atoms with Crippen LogP contribution in [0.1, 0.15) is 68.2 Å². The van der Waals surface area contributed by atoms with E-state index in [1.807, 2.05) is 0 Å². The Kier molecular flexibility index (Phi) is 7.27. The monoisotopic (exact) mass is 590 g/mol. The summed E-state index contributed by atoms with van der Waals surface area (Å²) in [6.07, 6.45) is -1.02. The quantitative estimate of drug-likeness (QED) is 0.354. The molecule has 13 heteroatoms. The first-order valence-corrected chi connectivity index (χ1v) is 13.6. The number of hydrogen-bond donors (Lipinski definition) is 2. The first-order chi connectivity index (χ1) is 19.7. The summed E-state index contributed by atoms with van der Waals surface area (Å²) in [5, 5.41) is 24.3. The van der Waals surface area contributed by atoms with Gasteiger partial charge in [0.2, 0.25) is 0 Å². The van der Waals surface area contributed by atoms with Crippen molar-refractivity contribution in [3.8, 4) is 0 Å². The number of aliphatic hydroxyl groups excluding tert-OH is 1. The first kappa shape index (κ1) is 29.8. The lowest BCUT2D eigenvalue weighted by Gasteiger charge is -2.65. The Bertz CT molecular complexity index is 1340. The fourth-order valence-electron chi connectivity index (χ4n) is 7.34. The standard InChI is InChI=1S/C29H34O13/c1-15(30)38-14-28-19(39-16(2)31)6-9-27(5,35)29(28)22(40-24(33)17-7-10-36-12-17)20(26(3,4)42-29)21(32)23(28)41-25(34)18-8-11-37-13-18/h7-8,10-13,19-23,32,35H,6,9,14H2,1-5H3/t19-,20+,21+,22+,23+,27-,28-,29-/m0/s1. The van der Waals surface area contributed by atoms with E-state index in [1.54, 1.807) is 13.8 Å². The molecule has 0 amide bonds. The van der Waals surface area contributed by atoms with Crippen LogP contribution >= 0.6 is 0 Å². The SMILES string of the molecule is CC(=O)OC[C@@]12[C@@H](OC(C)=O)CC[C@](C)(O)[C@]13OC(C)(C)[C@H]([C@@H](O)[C@H]2OC(=O)c1ccoc1)[C@H]3OC(=O)c1ccoc1. The maximum Gasteiger partial charge on any atom is 0.341 e. The Hall–Kier alpha value is -3.68. The van der Waals surface area contributed by atoms with Crippen molar-refractivity contribution in [1.29, 1.82) is 0 Å². The van der Waals surface area contributed by atoms with Crippen LogP contribution < -0.4 is 0 Å². The second kappa shape index (κ2) is 10.2. The summed E-state index contributed by atoms with van der Waals surface area (Å²) in [5.74, 6) is -4.29. The fourth-order valence-corrected chi connectivity index (χ4v) is 7.34. The Morgan fingerprint density at radius 1 is 0.905 bits per heavy atom. The van der Waals surface area contributed by atoms with E-state index < -0.39 is 83.0 Å². The molecule has 8 atom stereocenters. The Balaban J connectivity index is 1.77. The van der Waals surface area contributed by atoms with Gasteiger partial charge in [0.25, 0.3) is 0 Å². The molecule has 0 aromatic carbocycles. The van der Waals surface area contributed by atoms with Crippen LogP contribution in [-0.2, 0) is 33.3 Å². The zero-order chi connectivity index (χ0) is 30.7. The number of hydrogen-bond acceptors (Lipinski definition) is 13. The zero-order valence-electron chi connectivity index (χ0n) is 23.9. The van der Waals surface area contributed by atoms with Gasteiger partial charge in [-0.15, -0.1) is 0 Å². The number of carbonyl (C=O) groups is 4. The lowest BCUT2D eigenvalue weighted by molar-refractivity contribution is -0.347. The van der Waals surface area contributed by atoms with Gasteiger partial charge in [-0.2, -0.15) is 0 Å². The molecule has 0 radical (unpaired) electrons. The summed E-state index contributed by atoms with van der Waals surface area (Å²) >= 11 is 0. The molecule has 1 saturated heterocycles. The van der Waals surface area contributed by atoms with Gasteiger partial charge in [0, 0.05) is 13.8 Å². The molecule has 1 spiro atoms. The van der Waals surface area contributed by atoms with E-state index >= 15 is 0 Å². The van der Waals surface area contributed by atoms with Crippen LogP contribution in [-0.4, -0.2) is 81.9 Å².